The summed E-state index contributed by atoms with van der Waals surface area (Å²) in [5.41, 5.74) is 7.16. The molecule has 5 heteroatoms. The van der Waals surface area contributed by atoms with Crippen LogP contribution in [-0.4, -0.2) is 36.7 Å². The largest absolute Gasteiger partial charge is 0.493 e. The Morgan fingerprint density at radius 3 is 2.52 bits per heavy atom. The van der Waals surface area contributed by atoms with Crippen molar-refractivity contribution < 1.29 is 14.6 Å². The number of hydrogen-bond acceptors (Lipinski definition) is 4. The summed E-state index contributed by atoms with van der Waals surface area (Å²) in [7, 11) is 4.03. The minimum absolute atomic E-state index is 0.158. The van der Waals surface area contributed by atoms with Gasteiger partial charge in [0.15, 0.2) is 0 Å². The molecule has 29 heavy (non-hydrogen) atoms. The summed E-state index contributed by atoms with van der Waals surface area (Å²) in [6, 6.07) is 14.4. The Hall–Kier alpha value is -2.79. The van der Waals surface area contributed by atoms with Crippen molar-refractivity contribution in [3.8, 4) is 5.75 Å². The van der Waals surface area contributed by atoms with Gasteiger partial charge in [0.2, 0.25) is 0 Å². The first kappa shape index (κ1) is 20.9. The highest BCUT2D eigenvalue weighted by Crippen LogP contribution is 2.34. The molecule has 0 aromatic heterocycles. The molecule has 1 aliphatic rings. The molecule has 154 valence electrons. The number of carboxylic acids is 1. The van der Waals surface area contributed by atoms with Crippen LogP contribution >= 0.6 is 0 Å². The number of aliphatic carboxylic acids is 1. The second kappa shape index (κ2) is 9.61. The fourth-order valence-electron chi connectivity index (χ4n) is 3.92. The maximum Gasteiger partial charge on any atom is 0.303 e. The van der Waals surface area contributed by atoms with Crippen molar-refractivity contribution in [2.24, 2.45) is 0 Å². The number of fused-ring (bicyclic) bond motifs is 1. The van der Waals surface area contributed by atoms with E-state index in [1.807, 2.05) is 37.4 Å². The molecular weight excluding hydrogens is 364 g/mol. The lowest BCUT2D eigenvalue weighted by Gasteiger charge is -2.16. The molecule has 0 aliphatic carbocycles. The third kappa shape index (κ3) is 5.18. The van der Waals surface area contributed by atoms with Crippen molar-refractivity contribution in [1.82, 2.24) is 10.2 Å². The molecule has 0 amide bonds. The van der Waals surface area contributed by atoms with Gasteiger partial charge in [0.25, 0.3) is 0 Å². The van der Waals surface area contributed by atoms with Gasteiger partial charge < -0.3 is 15.2 Å². The van der Waals surface area contributed by atoms with Crippen molar-refractivity contribution in [1.29, 1.82) is 0 Å². The molecule has 1 heterocycles. The molecule has 5 nitrogen and oxygen atoms in total. The monoisotopic (exact) mass is 394 g/mol. The third-order valence-corrected chi connectivity index (χ3v) is 5.52. The highest BCUT2D eigenvalue weighted by molar-refractivity contribution is 5.67. The van der Waals surface area contributed by atoms with Gasteiger partial charge >= 0.3 is 5.97 Å². The number of ether oxygens (including phenoxy) is 1. The predicted octanol–water partition coefficient (Wildman–Crippen LogP) is 4.07. The number of carbonyl (C=O) groups is 1. The number of aryl methyl sites for hydroxylation is 1. The lowest BCUT2D eigenvalue weighted by molar-refractivity contribution is -0.136. The molecule has 0 atom stereocenters. The van der Waals surface area contributed by atoms with E-state index in [1.54, 1.807) is 0 Å². The maximum absolute atomic E-state index is 10.9. The number of carboxylic acid groups (broad SMARTS) is 1. The molecule has 0 spiro atoms. The second-order valence-electron chi connectivity index (χ2n) is 7.56. The van der Waals surface area contributed by atoms with E-state index in [2.05, 4.69) is 36.3 Å². The summed E-state index contributed by atoms with van der Waals surface area (Å²) in [5.74, 6) is 0.154. The highest BCUT2D eigenvalue weighted by Gasteiger charge is 2.23. The zero-order valence-corrected chi connectivity index (χ0v) is 17.5. The molecule has 0 radical (unpaired) electrons. The van der Waals surface area contributed by atoms with Crippen LogP contribution in [0.2, 0.25) is 0 Å². The standard InChI is InChI=1S/C24H30N2O3/c1-17(18-7-5-4-6-8-18)22(25-2)13-14-29-23-11-9-19(10-12-24(27)28)20-15-26(3)16-21(20)23/h4-9,11,25H,10,12-16H2,1-3H3,(H,27,28)/b22-17-. The van der Waals surface area contributed by atoms with Crippen LogP contribution in [-0.2, 0) is 24.3 Å². The lowest BCUT2D eigenvalue weighted by Crippen LogP contribution is -2.12. The molecule has 0 bridgehead atoms. The Balaban J connectivity index is 1.71. The van der Waals surface area contributed by atoms with Crippen molar-refractivity contribution in [2.45, 2.75) is 39.3 Å². The normalized spacial score (nSPS) is 14.3. The molecule has 3 rings (SSSR count). The summed E-state index contributed by atoms with van der Waals surface area (Å²) >= 11 is 0. The van der Waals surface area contributed by atoms with Crippen LogP contribution in [0.4, 0.5) is 0 Å². The van der Waals surface area contributed by atoms with Crippen molar-refractivity contribution in [2.75, 3.05) is 20.7 Å². The highest BCUT2D eigenvalue weighted by atomic mass is 16.5. The number of hydrogen-bond donors (Lipinski definition) is 2. The van der Waals surface area contributed by atoms with Gasteiger partial charge in [-0.25, -0.2) is 0 Å². The second-order valence-corrected chi connectivity index (χ2v) is 7.56. The number of nitrogens with zero attached hydrogens (tertiary/aromatic N) is 1. The molecule has 0 saturated heterocycles. The van der Waals surface area contributed by atoms with Gasteiger partial charge in [-0.3, -0.25) is 9.69 Å². The van der Waals surface area contributed by atoms with Crippen LogP contribution in [0.5, 0.6) is 5.75 Å². The van der Waals surface area contributed by atoms with Crippen LogP contribution in [0.15, 0.2) is 48.2 Å². The van der Waals surface area contributed by atoms with E-state index in [4.69, 9.17) is 9.84 Å². The SMILES string of the molecule is CN/C(CCOc1ccc(CCC(=O)O)c2c1CN(C)C2)=C(/C)c1ccccc1. The quantitative estimate of drug-likeness (QED) is 0.671. The first-order valence-corrected chi connectivity index (χ1v) is 10.1. The van der Waals surface area contributed by atoms with Gasteiger partial charge in [-0.05, 0) is 48.7 Å². The van der Waals surface area contributed by atoms with E-state index in [-0.39, 0.29) is 6.42 Å². The molecule has 0 saturated carbocycles. The number of allylic oxidation sites excluding steroid dienone is 1. The number of nitrogens with one attached hydrogen (secondary N) is 1. The van der Waals surface area contributed by atoms with E-state index < -0.39 is 5.97 Å². The molecule has 1 aliphatic heterocycles. The topological polar surface area (TPSA) is 61.8 Å². The van der Waals surface area contributed by atoms with Crippen LogP contribution < -0.4 is 10.1 Å². The fraction of sp³-hybridized carbons (Fsp3) is 0.375. The Morgan fingerprint density at radius 2 is 1.83 bits per heavy atom. The van der Waals surface area contributed by atoms with Gasteiger partial charge in [-0.1, -0.05) is 36.4 Å². The summed E-state index contributed by atoms with van der Waals surface area (Å²) in [6.45, 7) is 4.40. The van der Waals surface area contributed by atoms with Crippen molar-refractivity contribution >= 4 is 11.5 Å². The molecular formula is C24H30N2O3. The van der Waals surface area contributed by atoms with E-state index in [9.17, 15) is 4.79 Å². The van der Waals surface area contributed by atoms with Gasteiger partial charge in [-0.2, -0.15) is 0 Å². The smallest absolute Gasteiger partial charge is 0.303 e. The van der Waals surface area contributed by atoms with E-state index >= 15 is 0 Å². The lowest BCUT2D eigenvalue weighted by atomic mass is 9.99. The van der Waals surface area contributed by atoms with E-state index in [1.165, 1.54) is 28.0 Å². The zero-order valence-electron chi connectivity index (χ0n) is 17.5. The van der Waals surface area contributed by atoms with E-state index in [0.29, 0.717) is 13.0 Å². The summed E-state index contributed by atoms with van der Waals surface area (Å²) in [5, 5.41) is 12.3. The first-order chi connectivity index (χ1) is 14.0. The van der Waals surface area contributed by atoms with Crippen LogP contribution in [0.1, 0.15) is 42.0 Å². The summed E-state index contributed by atoms with van der Waals surface area (Å²) in [6.07, 6.45) is 1.52. The minimum atomic E-state index is -0.759. The van der Waals surface area contributed by atoms with Gasteiger partial charge in [-0.15, -0.1) is 0 Å². The molecule has 2 aromatic carbocycles. The Morgan fingerprint density at radius 1 is 1.10 bits per heavy atom. The fourth-order valence-corrected chi connectivity index (χ4v) is 3.92. The minimum Gasteiger partial charge on any atom is -0.493 e. The number of rotatable bonds is 9. The zero-order chi connectivity index (χ0) is 20.8. The molecule has 0 fully saturated rings. The van der Waals surface area contributed by atoms with Gasteiger partial charge in [0.1, 0.15) is 5.75 Å². The Labute approximate surface area is 173 Å². The maximum atomic E-state index is 10.9. The third-order valence-electron chi connectivity index (χ3n) is 5.52. The average Bonchev–Trinajstić information content (AvgIpc) is 3.12. The van der Waals surface area contributed by atoms with Crippen molar-refractivity contribution in [3.63, 3.8) is 0 Å². The first-order valence-electron chi connectivity index (χ1n) is 10.1. The Bertz CT molecular complexity index is 890. The summed E-state index contributed by atoms with van der Waals surface area (Å²) in [4.78, 5) is 13.2. The van der Waals surface area contributed by atoms with E-state index in [0.717, 1.165) is 30.8 Å². The van der Waals surface area contributed by atoms with Crippen molar-refractivity contribution in [3.05, 3.63) is 70.4 Å². The molecule has 0 unspecified atom stereocenters. The summed E-state index contributed by atoms with van der Waals surface area (Å²) < 4.78 is 6.18. The van der Waals surface area contributed by atoms with Crippen LogP contribution in [0.3, 0.4) is 0 Å². The van der Waals surface area contributed by atoms with Crippen LogP contribution in [0, 0.1) is 0 Å². The average molecular weight is 395 g/mol. The van der Waals surface area contributed by atoms with Gasteiger partial charge in [0, 0.05) is 44.2 Å². The molecule has 2 aromatic rings. The van der Waals surface area contributed by atoms with Crippen LogP contribution in [0.25, 0.3) is 5.57 Å². The van der Waals surface area contributed by atoms with Gasteiger partial charge in [0.05, 0.1) is 6.61 Å². The Kier molecular flexibility index (Phi) is 6.94. The molecule has 2 N–H and O–H groups in total. The number of benzene rings is 2. The predicted molar refractivity (Wildman–Crippen MR) is 116 cm³/mol.